The van der Waals surface area contributed by atoms with Crippen LogP contribution in [0.4, 0.5) is 5.69 Å². The molecular formula is C30H33Cl2N3O6S. The number of fused-ring (bicyclic) bond motifs is 1. The normalized spacial score (nSPS) is 13.0. The van der Waals surface area contributed by atoms with E-state index in [2.05, 4.69) is 5.32 Å². The summed E-state index contributed by atoms with van der Waals surface area (Å²) < 4.78 is 38.5. The number of benzene rings is 3. The minimum atomic E-state index is -3.92. The van der Waals surface area contributed by atoms with Gasteiger partial charge in [-0.25, -0.2) is 8.42 Å². The van der Waals surface area contributed by atoms with Gasteiger partial charge < -0.3 is 19.7 Å². The lowest BCUT2D eigenvalue weighted by Gasteiger charge is -2.34. The topological polar surface area (TPSA) is 105 Å². The molecule has 1 aliphatic heterocycles. The summed E-state index contributed by atoms with van der Waals surface area (Å²) in [7, 11) is -3.92. The highest BCUT2D eigenvalue weighted by Crippen LogP contribution is 2.36. The SMILES string of the molecule is CCCNC(=O)C(Cc1ccccc1)N(Cc1ccc(Cl)cc1Cl)C(=O)CN(c1ccc2c(c1)OCO2)S(=O)(=O)CC. The first-order chi connectivity index (χ1) is 20.1. The number of rotatable bonds is 13. The zero-order valence-corrected chi connectivity index (χ0v) is 25.7. The molecule has 0 aliphatic carbocycles. The number of anilines is 1. The number of hydrogen-bond donors (Lipinski definition) is 1. The lowest BCUT2D eigenvalue weighted by Crippen LogP contribution is -2.53. The third-order valence-corrected chi connectivity index (χ3v) is 9.13. The van der Waals surface area contributed by atoms with Crippen molar-refractivity contribution in [3.8, 4) is 11.5 Å². The Morgan fingerprint density at radius 3 is 2.40 bits per heavy atom. The van der Waals surface area contributed by atoms with Gasteiger partial charge in [-0.15, -0.1) is 0 Å². The van der Waals surface area contributed by atoms with Gasteiger partial charge in [-0.1, -0.05) is 66.5 Å². The average Bonchev–Trinajstić information content (AvgIpc) is 3.46. The van der Waals surface area contributed by atoms with Crippen LogP contribution < -0.4 is 19.1 Å². The van der Waals surface area contributed by atoms with Crippen molar-refractivity contribution in [1.29, 1.82) is 0 Å². The summed E-state index contributed by atoms with van der Waals surface area (Å²) in [6.07, 6.45) is 0.908. The largest absolute Gasteiger partial charge is 0.454 e. The lowest BCUT2D eigenvalue weighted by atomic mass is 10.0. The quantitative estimate of drug-likeness (QED) is 0.283. The van der Waals surface area contributed by atoms with E-state index in [1.54, 1.807) is 30.3 Å². The predicted molar refractivity (Wildman–Crippen MR) is 164 cm³/mol. The van der Waals surface area contributed by atoms with Crippen LogP contribution in [0.3, 0.4) is 0 Å². The second-order valence-corrected chi connectivity index (χ2v) is 12.7. The predicted octanol–water partition coefficient (Wildman–Crippen LogP) is 5.04. The summed E-state index contributed by atoms with van der Waals surface area (Å²) in [6, 6.07) is 17.9. The van der Waals surface area contributed by atoms with Crippen LogP contribution in [0.1, 0.15) is 31.4 Å². The number of nitrogens with zero attached hydrogens (tertiary/aromatic N) is 2. The number of carbonyl (C=O) groups excluding carboxylic acids is 2. The smallest absolute Gasteiger partial charge is 0.244 e. The number of hydrogen-bond acceptors (Lipinski definition) is 6. The van der Waals surface area contributed by atoms with Gasteiger partial charge in [-0.2, -0.15) is 0 Å². The number of halogens is 2. The first-order valence-electron chi connectivity index (χ1n) is 13.6. The van der Waals surface area contributed by atoms with E-state index < -0.39 is 28.5 Å². The number of sulfonamides is 1. The first-order valence-corrected chi connectivity index (χ1v) is 15.9. The van der Waals surface area contributed by atoms with E-state index in [1.165, 1.54) is 17.9 Å². The molecule has 2 amide bonds. The van der Waals surface area contributed by atoms with Crippen LogP contribution in [0.25, 0.3) is 0 Å². The summed E-state index contributed by atoms with van der Waals surface area (Å²) in [5, 5.41) is 3.65. The van der Waals surface area contributed by atoms with Crippen LogP contribution in [0.5, 0.6) is 11.5 Å². The van der Waals surface area contributed by atoms with Crippen molar-refractivity contribution in [2.75, 3.05) is 29.9 Å². The van der Waals surface area contributed by atoms with Gasteiger partial charge in [0.05, 0.1) is 11.4 Å². The van der Waals surface area contributed by atoms with Crippen LogP contribution in [-0.4, -0.2) is 56.8 Å². The Balaban J connectivity index is 1.76. The van der Waals surface area contributed by atoms with Gasteiger partial charge in [0.15, 0.2) is 11.5 Å². The molecule has 1 atom stereocenters. The van der Waals surface area contributed by atoms with Crippen molar-refractivity contribution in [3.63, 3.8) is 0 Å². The molecule has 1 aliphatic rings. The highest BCUT2D eigenvalue weighted by atomic mass is 35.5. The Hall–Kier alpha value is -3.47. The first kappa shape index (κ1) is 31.5. The molecule has 12 heteroatoms. The van der Waals surface area contributed by atoms with Crippen molar-refractivity contribution in [2.24, 2.45) is 0 Å². The highest BCUT2D eigenvalue weighted by Gasteiger charge is 2.34. The molecule has 42 heavy (non-hydrogen) atoms. The molecule has 0 radical (unpaired) electrons. The molecular weight excluding hydrogens is 601 g/mol. The fourth-order valence-electron chi connectivity index (χ4n) is 4.51. The number of nitrogens with one attached hydrogen (secondary N) is 1. The highest BCUT2D eigenvalue weighted by molar-refractivity contribution is 7.92. The molecule has 0 bridgehead atoms. The van der Waals surface area contributed by atoms with Gasteiger partial charge in [-0.3, -0.25) is 13.9 Å². The van der Waals surface area contributed by atoms with Crippen LogP contribution in [0, 0.1) is 0 Å². The van der Waals surface area contributed by atoms with Crippen molar-refractivity contribution in [1.82, 2.24) is 10.2 Å². The van der Waals surface area contributed by atoms with Crippen LogP contribution in [0.2, 0.25) is 10.0 Å². The Morgan fingerprint density at radius 2 is 1.71 bits per heavy atom. The fraction of sp³-hybridized carbons (Fsp3) is 0.333. The maximum Gasteiger partial charge on any atom is 0.244 e. The summed E-state index contributed by atoms with van der Waals surface area (Å²) >= 11 is 12.6. The van der Waals surface area contributed by atoms with E-state index in [0.29, 0.717) is 40.1 Å². The van der Waals surface area contributed by atoms with Gasteiger partial charge in [0, 0.05) is 35.6 Å². The Morgan fingerprint density at radius 1 is 0.976 bits per heavy atom. The number of carbonyl (C=O) groups is 2. The molecule has 0 saturated carbocycles. The molecule has 0 fully saturated rings. The van der Waals surface area contributed by atoms with Crippen LogP contribution in [0.15, 0.2) is 66.7 Å². The van der Waals surface area contributed by atoms with Crippen LogP contribution >= 0.6 is 23.2 Å². The second-order valence-electron chi connectivity index (χ2n) is 9.70. The van der Waals surface area contributed by atoms with Crippen molar-refractivity contribution >= 4 is 50.7 Å². The molecule has 3 aromatic carbocycles. The zero-order valence-electron chi connectivity index (χ0n) is 23.4. The molecule has 4 rings (SSSR count). The molecule has 1 heterocycles. The van der Waals surface area contributed by atoms with Gasteiger partial charge in [0.25, 0.3) is 0 Å². The third-order valence-electron chi connectivity index (χ3n) is 6.80. The third kappa shape index (κ3) is 7.67. The fourth-order valence-corrected chi connectivity index (χ4v) is 6.04. The van der Waals surface area contributed by atoms with Gasteiger partial charge in [0.1, 0.15) is 12.6 Å². The maximum absolute atomic E-state index is 14.2. The van der Waals surface area contributed by atoms with Gasteiger partial charge in [-0.05, 0) is 48.7 Å². The molecule has 224 valence electrons. The molecule has 0 spiro atoms. The van der Waals surface area contributed by atoms with Gasteiger partial charge >= 0.3 is 0 Å². The minimum absolute atomic E-state index is 0.0158. The average molecular weight is 635 g/mol. The number of amides is 2. The molecule has 1 N–H and O–H groups in total. The Kier molecular flexibility index (Phi) is 10.6. The zero-order chi connectivity index (χ0) is 30.3. The van der Waals surface area contributed by atoms with Crippen LogP contribution in [-0.2, 0) is 32.6 Å². The van der Waals surface area contributed by atoms with E-state index in [4.69, 9.17) is 32.7 Å². The number of ether oxygens (including phenoxy) is 2. The minimum Gasteiger partial charge on any atom is -0.454 e. The second kappa shape index (κ2) is 14.1. The van der Waals surface area contributed by atoms with Crippen molar-refractivity contribution in [2.45, 2.75) is 39.3 Å². The van der Waals surface area contributed by atoms with Gasteiger partial charge in [0.2, 0.25) is 28.6 Å². The summed E-state index contributed by atoms with van der Waals surface area (Å²) in [5.41, 5.74) is 1.64. The van der Waals surface area contributed by atoms with E-state index >= 15 is 0 Å². The standard InChI is InChI=1S/C30H33Cl2N3O6S/c1-3-14-33-30(37)26(15-21-8-6-5-7-9-21)34(18-22-10-11-23(31)16-25(22)32)29(36)19-35(42(38,39)4-2)24-12-13-27-28(17-24)41-20-40-27/h5-13,16-17,26H,3-4,14-15,18-20H2,1-2H3,(H,33,37). The summed E-state index contributed by atoms with van der Waals surface area (Å²) in [4.78, 5) is 29.2. The lowest BCUT2D eigenvalue weighted by molar-refractivity contribution is -0.140. The molecule has 9 nitrogen and oxygen atoms in total. The summed E-state index contributed by atoms with van der Waals surface area (Å²) in [6.45, 7) is 3.27. The summed E-state index contributed by atoms with van der Waals surface area (Å²) in [5.74, 6) is -0.326. The Labute approximate surface area is 256 Å². The van der Waals surface area contributed by atoms with Crippen molar-refractivity contribution < 1.29 is 27.5 Å². The van der Waals surface area contributed by atoms with E-state index in [-0.39, 0.29) is 37.1 Å². The van der Waals surface area contributed by atoms with E-state index in [0.717, 1.165) is 9.87 Å². The molecule has 1 unspecified atom stereocenters. The van der Waals surface area contributed by atoms with E-state index in [1.807, 2.05) is 37.3 Å². The molecule has 0 aromatic heterocycles. The molecule has 0 saturated heterocycles. The monoisotopic (exact) mass is 633 g/mol. The van der Waals surface area contributed by atoms with Crippen molar-refractivity contribution in [3.05, 3.63) is 87.9 Å². The Bertz CT molecular complexity index is 1520. The van der Waals surface area contributed by atoms with E-state index in [9.17, 15) is 18.0 Å². The maximum atomic E-state index is 14.2. The molecule has 3 aromatic rings.